The van der Waals surface area contributed by atoms with E-state index in [-0.39, 0.29) is 17.3 Å². The van der Waals surface area contributed by atoms with E-state index in [1.54, 1.807) is 96.4 Å². The molecule has 0 aliphatic heterocycles. The van der Waals surface area contributed by atoms with Crippen LogP contribution in [0.25, 0.3) is 17.3 Å². The van der Waals surface area contributed by atoms with Crippen LogP contribution < -0.4 is 16.0 Å². The summed E-state index contributed by atoms with van der Waals surface area (Å²) in [6.07, 6.45) is 1.54. The van der Waals surface area contributed by atoms with Gasteiger partial charge in [0.15, 0.2) is 5.13 Å². The number of halogens is 1. The number of nitrogens with zero attached hydrogens (tertiary/aromatic N) is 2. The van der Waals surface area contributed by atoms with Crippen molar-refractivity contribution in [1.29, 1.82) is 0 Å². The number of nitro groups is 1. The highest BCUT2D eigenvalue weighted by Crippen LogP contribution is 2.38. The number of carbonyl (C=O) groups is 3. The zero-order chi connectivity index (χ0) is 36.5. The third kappa shape index (κ3) is 9.37. The van der Waals surface area contributed by atoms with Gasteiger partial charge in [-0.15, -0.1) is 23.1 Å². The van der Waals surface area contributed by atoms with E-state index >= 15 is 0 Å². The van der Waals surface area contributed by atoms with Crippen molar-refractivity contribution in [3.05, 3.63) is 176 Å². The Hall–Kier alpha value is -6.08. The fraction of sp³-hybridized carbons (Fsp3) is 0.0256. The van der Waals surface area contributed by atoms with Crippen molar-refractivity contribution in [2.24, 2.45) is 0 Å². The highest BCUT2D eigenvalue weighted by Gasteiger charge is 2.24. The van der Waals surface area contributed by atoms with Crippen LogP contribution in [0.15, 0.2) is 149 Å². The van der Waals surface area contributed by atoms with Gasteiger partial charge in [0.2, 0.25) is 5.91 Å². The van der Waals surface area contributed by atoms with E-state index in [2.05, 4.69) is 20.9 Å². The summed E-state index contributed by atoms with van der Waals surface area (Å²) in [6, 6.07) is 37.9. The van der Waals surface area contributed by atoms with Gasteiger partial charge in [0.25, 0.3) is 17.5 Å². The van der Waals surface area contributed by atoms with Gasteiger partial charge in [-0.25, -0.2) is 4.98 Å². The third-order valence-electron chi connectivity index (χ3n) is 7.46. The normalized spacial score (nSPS) is 11.7. The molecule has 1 unspecified atom stereocenters. The maximum absolute atomic E-state index is 13.8. The number of carbonyl (C=O) groups excluding carboxylic acids is 3. The average molecular weight is 746 g/mol. The van der Waals surface area contributed by atoms with Gasteiger partial charge in [0, 0.05) is 44.2 Å². The van der Waals surface area contributed by atoms with Gasteiger partial charge in [-0.1, -0.05) is 90.5 Å². The van der Waals surface area contributed by atoms with E-state index in [0.29, 0.717) is 43.1 Å². The maximum atomic E-state index is 13.8. The number of anilines is 2. The topological polar surface area (TPSA) is 143 Å². The van der Waals surface area contributed by atoms with E-state index in [0.717, 1.165) is 5.56 Å². The second-order valence-electron chi connectivity index (χ2n) is 11.2. The lowest BCUT2D eigenvalue weighted by atomic mass is 10.1. The van der Waals surface area contributed by atoms with Crippen molar-refractivity contribution in [2.75, 3.05) is 10.6 Å². The van der Waals surface area contributed by atoms with Crippen LogP contribution in [0.5, 0.6) is 0 Å². The number of amides is 3. The summed E-state index contributed by atoms with van der Waals surface area (Å²) in [5.74, 6) is -1.35. The van der Waals surface area contributed by atoms with Gasteiger partial charge in [0.1, 0.15) is 10.9 Å². The van der Waals surface area contributed by atoms with Crippen molar-refractivity contribution in [3.8, 4) is 11.3 Å². The van der Waals surface area contributed by atoms with E-state index in [9.17, 15) is 24.5 Å². The first-order valence-corrected chi connectivity index (χ1v) is 17.8. The second-order valence-corrected chi connectivity index (χ2v) is 13.6. The van der Waals surface area contributed by atoms with Crippen LogP contribution in [0.3, 0.4) is 0 Å². The Bertz CT molecular complexity index is 2280. The van der Waals surface area contributed by atoms with Crippen molar-refractivity contribution in [3.63, 3.8) is 0 Å². The first-order valence-electron chi connectivity index (χ1n) is 15.7. The van der Waals surface area contributed by atoms with Crippen LogP contribution in [0.4, 0.5) is 16.5 Å². The maximum Gasteiger partial charge on any atom is 0.272 e. The van der Waals surface area contributed by atoms with Gasteiger partial charge < -0.3 is 16.0 Å². The molecule has 13 heteroatoms. The van der Waals surface area contributed by atoms with Crippen molar-refractivity contribution in [1.82, 2.24) is 10.3 Å². The summed E-state index contributed by atoms with van der Waals surface area (Å²) in [7, 11) is 0. The van der Waals surface area contributed by atoms with Crippen molar-refractivity contribution < 1.29 is 19.3 Å². The third-order valence-corrected chi connectivity index (χ3v) is 9.70. The summed E-state index contributed by atoms with van der Waals surface area (Å²) in [6.45, 7) is 0. The fourth-order valence-electron chi connectivity index (χ4n) is 5.00. The first-order chi connectivity index (χ1) is 25.2. The fourth-order valence-corrected chi connectivity index (χ4v) is 7.01. The molecule has 5 aromatic carbocycles. The summed E-state index contributed by atoms with van der Waals surface area (Å²) in [5, 5.41) is 21.6. The average Bonchev–Trinajstić information content (AvgIpc) is 3.63. The number of nitro benzene ring substituents is 1. The highest BCUT2D eigenvalue weighted by molar-refractivity contribution is 8.00. The summed E-state index contributed by atoms with van der Waals surface area (Å²) < 4.78 is 0. The lowest BCUT2D eigenvalue weighted by Crippen LogP contribution is -2.30. The van der Waals surface area contributed by atoms with Gasteiger partial charge in [-0.2, -0.15) is 0 Å². The molecule has 1 atom stereocenters. The largest absolute Gasteiger partial charge is 0.321 e. The molecule has 0 saturated heterocycles. The Morgan fingerprint density at radius 1 is 0.827 bits per heavy atom. The van der Waals surface area contributed by atoms with Crippen LogP contribution in [0.2, 0.25) is 5.02 Å². The number of hydrogen-bond donors (Lipinski definition) is 3. The Labute approximate surface area is 311 Å². The summed E-state index contributed by atoms with van der Waals surface area (Å²) in [5.41, 5.74) is 3.19. The van der Waals surface area contributed by atoms with Crippen molar-refractivity contribution in [2.45, 2.75) is 10.1 Å². The quantitative estimate of drug-likeness (QED) is 0.0490. The Kier molecular flexibility index (Phi) is 11.5. The number of nitrogens with one attached hydrogen (secondary N) is 3. The molecule has 258 valence electrons. The molecule has 0 aliphatic carbocycles. The van der Waals surface area contributed by atoms with Gasteiger partial charge in [-0.05, 0) is 59.7 Å². The molecule has 6 aromatic rings. The lowest BCUT2D eigenvalue weighted by molar-refractivity contribution is -0.384. The van der Waals surface area contributed by atoms with E-state index < -0.39 is 22.0 Å². The van der Waals surface area contributed by atoms with Crippen LogP contribution in [0, 0.1) is 10.1 Å². The number of hydrogen-bond acceptors (Lipinski definition) is 8. The number of benzene rings is 5. The lowest BCUT2D eigenvalue weighted by Gasteiger charge is -2.17. The van der Waals surface area contributed by atoms with Gasteiger partial charge >= 0.3 is 0 Å². The molecule has 52 heavy (non-hydrogen) atoms. The summed E-state index contributed by atoms with van der Waals surface area (Å²) in [4.78, 5) is 56.5. The monoisotopic (exact) mass is 745 g/mol. The van der Waals surface area contributed by atoms with E-state index in [1.165, 1.54) is 35.2 Å². The zero-order valence-corrected chi connectivity index (χ0v) is 29.5. The molecule has 3 amide bonds. The molecule has 1 heterocycles. The van der Waals surface area contributed by atoms with Gasteiger partial charge in [-0.3, -0.25) is 24.5 Å². The minimum Gasteiger partial charge on any atom is -0.321 e. The first kappa shape index (κ1) is 35.7. The number of non-ortho nitro benzene ring substituents is 1. The Balaban J connectivity index is 1.21. The molecule has 0 radical (unpaired) electrons. The van der Waals surface area contributed by atoms with Crippen LogP contribution >= 0.6 is 34.7 Å². The molecule has 0 fully saturated rings. The Morgan fingerprint density at radius 2 is 1.56 bits per heavy atom. The molecule has 0 bridgehead atoms. The minimum atomic E-state index is -0.708. The predicted octanol–water partition coefficient (Wildman–Crippen LogP) is 9.25. The molecule has 0 saturated carbocycles. The summed E-state index contributed by atoms with van der Waals surface area (Å²) >= 11 is 8.67. The molecule has 6 rings (SSSR count). The molecule has 0 spiro atoms. The number of aromatic nitrogens is 1. The minimum absolute atomic E-state index is 0.00337. The molecular weight excluding hydrogens is 718 g/mol. The zero-order valence-electron chi connectivity index (χ0n) is 27.1. The number of thiazole rings is 1. The number of thioether (sulfide) groups is 1. The molecule has 1 aromatic heterocycles. The molecule has 0 aliphatic rings. The SMILES string of the molecule is O=C(Nc1cccc(SC(C(=O)Nc2nc(-c3cccc([N+](=O)[O-])c3)cs2)c2ccccc2)c1)/C(=C/c1cccc(Cl)c1)NC(=O)c1ccccc1. The van der Waals surface area contributed by atoms with E-state index in [4.69, 9.17) is 11.6 Å². The number of rotatable bonds is 12. The van der Waals surface area contributed by atoms with Gasteiger partial charge in [0.05, 0.1) is 10.6 Å². The van der Waals surface area contributed by atoms with Crippen LogP contribution in [-0.4, -0.2) is 27.6 Å². The predicted molar refractivity (Wildman–Crippen MR) is 206 cm³/mol. The molecule has 3 N–H and O–H groups in total. The molecule has 10 nitrogen and oxygen atoms in total. The van der Waals surface area contributed by atoms with Crippen molar-refractivity contribution >= 4 is 75.0 Å². The van der Waals surface area contributed by atoms with Crippen LogP contribution in [-0.2, 0) is 9.59 Å². The highest BCUT2D eigenvalue weighted by atomic mass is 35.5. The van der Waals surface area contributed by atoms with E-state index in [1.807, 2.05) is 36.4 Å². The Morgan fingerprint density at radius 3 is 2.31 bits per heavy atom. The van der Waals surface area contributed by atoms with Crippen LogP contribution in [0.1, 0.15) is 26.7 Å². The smallest absolute Gasteiger partial charge is 0.272 e. The molecular formula is C39H28ClN5O5S2. The second kappa shape index (κ2) is 16.8. The standard InChI is InChI=1S/C39H28ClN5O5S2/c40-29-16-7-10-25(20-29)21-33(42-36(46)27-13-5-2-6-14-27)37(47)41-30-17-9-19-32(23-30)52-35(26-11-3-1-4-12-26)38(48)44-39-43-34(24-51-39)28-15-8-18-31(22-28)45(49)50/h1-24,35H,(H,41,47)(H,42,46)(H,43,44,48)/b33-21-.